The lowest BCUT2D eigenvalue weighted by Crippen LogP contribution is -2.29. The van der Waals surface area contributed by atoms with Crippen molar-refractivity contribution in [3.05, 3.63) is 18.2 Å². The lowest BCUT2D eigenvalue weighted by molar-refractivity contribution is 0.184. The Kier molecular flexibility index (Phi) is 6.18. The number of aromatic nitrogens is 2. The Morgan fingerprint density at radius 2 is 2.06 bits per heavy atom. The molecule has 1 rings (SSSR count). The van der Waals surface area contributed by atoms with Crippen molar-refractivity contribution in [1.29, 1.82) is 0 Å². The first-order valence-corrected chi connectivity index (χ1v) is 5.95. The fourth-order valence-electron chi connectivity index (χ4n) is 1.58. The van der Waals surface area contributed by atoms with Crippen molar-refractivity contribution in [1.82, 2.24) is 19.4 Å². The highest BCUT2D eigenvalue weighted by Crippen LogP contribution is 2.01. The Bertz CT molecular complexity index is 311. The third-order valence-electron chi connectivity index (χ3n) is 2.68. The van der Waals surface area contributed by atoms with E-state index in [9.17, 15) is 0 Å². The molecule has 0 bridgehead atoms. The summed E-state index contributed by atoms with van der Waals surface area (Å²) in [7, 11) is 8.03. The Morgan fingerprint density at radius 3 is 2.71 bits per heavy atom. The van der Waals surface area contributed by atoms with E-state index in [0.717, 1.165) is 38.6 Å². The molecular weight excluding hydrogens is 216 g/mol. The minimum Gasteiger partial charge on any atom is -0.383 e. The second-order valence-electron chi connectivity index (χ2n) is 4.57. The summed E-state index contributed by atoms with van der Waals surface area (Å²) in [6.07, 6.45) is 3.86. The maximum atomic E-state index is 5.09. The first kappa shape index (κ1) is 14.2. The Balaban J connectivity index is 2.41. The smallest absolute Gasteiger partial charge is 0.122 e. The van der Waals surface area contributed by atoms with E-state index in [2.05, 4.69) is 40.5 Å². The number of likely N-dealkylation sites (N-methyl/N-ethyl adjacent to an activating group) is 2. The summed E-state index contributed by atoms with van der Waals surface area (Å²) in [5, 5.41) is 0. The van der Waals surface area contributed by atoms with E-state index in [1.54, 1.807) is 7.11 Å². The Labute approximate surface area is 104 Å². The van der Waals surface area contributed by atoms with E-state index in [4.69, 9.17) is 4.74 Å². The zero-order valence-corrected chi connectivity index (χ0v) is 11.4. The lowest BCUT2D eigenvalue weighted by atomic mass is 10.4. The molecule has 0 amide bonds. The first-order chi connectivity index (χ1) is 8.13. The van der Waals surface area contributed by atoms with Crippen LogP contribution in [0.5, 0.6) is 0 Å². The summed E-state index contributed by atoms with van der Waals surface area (Å²) in [4.78, 5) is 8.86. The van der Waals surface area contributed by atoms with Crippen molar-refractivity contribution in [3.63, 3.8) is 0 Å². The number of hydrogen-bond donors (Lipinski definition) is 0. The molecule has 0 radical (unpaired) electrons. The van der Waals surface area contributed by atoms with Crippen LogP contribution in [0.2, 0.25) is 0 Å². The number of imidazole rings is 1. The van der Waals surface area contributed by atoms with Gasteiger partial charge in [-0.15, -0.1) is 0 Å². The van der Waals surface area contributed by atoms with Crippen LogP contribution in [0, 0.1) is 0 Å². The maximum absolute atomic E-state index is 5.09. The molecule has 0 saturated carbocycles. The molecule has 0 aliphatic heterocycles. The average Bonchev–Trinajstić information content (AvgIpc) is 2.71. The van der Waals surface area contributed by atoms with Gasteiger partial charge in [0.1, 0.15) is 5.82 Å². The predicted octanol–water partition coefficient (Wildman–Crippen LogP) is 0.523. The highest BCUT2D eigenvalue weighted by Gasteiger charge is 2.06. The fourth-order valence-corrected chi connectivity index (χ4v) is 1.58. The number of nitrogens with zero attached hydrogens (tertiary/aromatic N) is 4. The van der Waals surface area contributed by atoms with Crippen molar-refractivity contribution >= 4 is 0 Å². The molecule has 0 unspecified atom stereocenters. The number of ether oxygens (including phenoxy) is 1. The SMILES string of the molecule is COCCn1ccnc1CN(C)CCN(C)C. The molecule has 1 aromatic rings. The molecule has 0 N–H and O–H groups in total. The van der Waals surface area contributed by atoms with Crippen LogP contribution in [-0.4, -0.2) is 67.3 Å². The third-order valence-corrected chi connectivity index (χ3v) is 2.68. The van der Waals surface area contributed by atoms with Crippen molar-refractivity contribution in [2.24, 2.45) is 0 Å². The molecule has 0 spiro atoms. The first-order valence-electron chi connectivity index (χ1n) is 5.95. The fraction of sp³-hybridized carbons (Fsp3) is 0.750. The van der Waals surface area contributed by atoms with Gasteiger partial charge in [-0.05, 0) is 21.1 Å². The standard InChI is InChI=1S/C12H24N4O/c1-14(2)7-8-15(3)11-12-13-5-6-16(12)9-10-17-4/h5-6H,7-11H2,1-4H3. The van der Waals surface area contributed by atoms with Crippen LogP contribution >= 0.6 is 0 Å². The van der Waals surface area contributed by atoms with Gasteiger partial charge in [0.2, 0.25) is 0 Å². The summed E-state index contributed by atoms with van der Waals surface area (Å²) in [6.45, 7) is 4.59. The molecule has 0 saturated heterocycles. The zero-order valence-electron chi connectivity index (χ0n) is 11.4. The molecule has 0 aliphatic carbocycles. The summed E-state index contributed by atoms with van der Waals surface area (Å²) >= 11 is 0. The molecule has 0 aliphatic rings. The maximum Gasteiger partial charge on any atom is 0.122 e. The molecule has 0 aromatic carbocycles. The van der Waals surface area contributed by atoms with Crippen molar-refractivity contribution in [2.45, 2.75) is 13.1 Å². The molecule has 5 nitrogen and oxygen atoms in total. The van der Waals surface area contributed by atoms with Gasteiger partial charge >= 0.3 is 0 Å². The molecule has 0 fully saturated rings. The van der Waals surface area contributed by atoms with Gasteiger partial charge in [-0.1, -0.05) is 0 Å². The number of hydrogen-bond acceptors (Lipinski definition) is 4. The van der Waals surface area contributed by atoms with Crippen LogP contribution in [0.1, 0.15) is 5.82 Å². The van der Waals surface area contributed by atoms with Crippen LogP contribution in [0.25, 0.3) is 0 Å². The van der Waals surface area contributed by atoms with Crippen LogP contribution < -0.4 is 0 Å². The van der Waals surface area contributed by atoms with E-state index in [0.29, 0.717) is 0 Å². The largest absolute Gasteiger partial charge is 0.383 e. The molecule has 98 valence electrons. The van der Waals surface area contributed by atoms with Gasteiger partial charge in [-0.25, -0.2) is 4.98 Å². The average molecular weight is 240 g/mol. The molecule has 1 heterocycles. The summed E-state index contributed by atoms with van der Waals surface area (Å²) in [6, 6.07) is 0. The van der Waals surface area contributed by atoms with Gasteiger partial charge < -0.3 is 14.2 Å². The topological polar surface area (TPSA) is 33.5 Å². The lowest BCUT2D eigenvalue weighted by Gasteiger charge is -2.19. The zero-order chi connectivity index (χ0) is 12.7. The van der Waals surface area contributed by atoms with Crippen LogP contribution in [0.3, 0.4) is 0 Å². The number of rotatable bonds is 8. The normalized spacial score (nSPS) is 11.6. The second-order valence-corrected chi connectivity index (χ2v) is 4.57. The molecule has 0 atom stereocenters. The van der Waals surface area contributed by atoms with E-state index in [1.165, 1.54) is 0 Å². The monoisotopic (exact) mass is 240 g/mol. The minimum absolute atomic E-state index is 0.727. The van der Waals surface area contributed by atoms with Crippen LogP contribution in [-0.2, 0) is 17.8 Å². The van der Waals surface area contributed by atoms with Crippen LogP contribution in [0.4, 0.5) is 0 Å². The minimum atomic E-state index is 0.727. The Morgan fingerprint density at radius 1 is 1.29 bits per heavy atom. The van der Waals surface area contributed by atoms with Gasteiger partial charge in [0, 0.05) is 39.1 Å². The van der Waals surface area contributed by atoms with E-state index >= 15 is 0 Å². The van der Waals surface area contributed by atoms with Gasteiger partial charge in [0.15, 0.2) is 0 Å². The molecule has 17 heavy (non-hydrogen) atoms. The van der Waals surface area contributed by atoms with Crippen molar-refractivity contribution < 1.29 is 4.74 Å². The highest BCUT2D eigenvalue weighted by atomic mass is 16.5. The van der Waals surface area contributed by atoms with Crippen molar-refractivity contribution in [2.75, 3.05) is 47.9 Å². The summed E-state index contributed by atoms with van der Waals surface area (Å²) in [5.41, 5.74) is 0. The van der Waals surface area contributed by atoms with Crippen molar-refractivity contribution in [3.8, 4) is 0 Å². The molecular formula is C12H24N4O. The van der Waals surface area contributed by atoms with Gasteiger partial charge in [0.25, 0.3) is 0 Å². The Hall–Kier alpha value is -0.910. The van der Waals surface area contributed by atoms with Gasteiger partial charge in [-0.2, -0.15) is 0 Å². The molecule has 5 heteroatoms. The van der Waals surface area contributed by atoms with E-state index in [1.807, 2.05) is 12.4 Å². The highest BCUT2D eigenvalue weighted by molar-refractivity contribution is 4.92. The number of methoxy groups -OCH3 is 1. The summed E-state index contributed by atoms with van der Waals surface area (Å²) < 4.78 is 7.23. The summed E-state index contributed by atoms with van der Waals surface area (Å²) in [5.74, 6) is 1.10. The second kappa shape index (κ2) is 7.42. The van der Waals surface area contributed by atoms with Gasteiger partial charge in [-0.3, -0.25) is 4.90 Å². The van der Waals surface area contributed by atoms with E-state index in [-0.39, 0.29) is 0 Å². The third kappa shape index (κ3) is 5.30. The molecule has 1 aromatic heterocycles. The van der Waals surface area contributed by atoms with Gasteiger partial charge in [0.05, 0.1) is 13.2 Å². The van der Waals surface area contributed by atoms with Crippen LogP contribution in [0.15, 0.2) is 12.4 Å². The van der Waals surface area contributed by atoms with E-state index < -0.39 is 0 Å². The quantitative estimate of drug-likeness (QED) is 0.663. The predicted molar refractivity (Wildman–Crippen MR) is 69.0 cm³/mol.